The molecule has 0 aliphatic carbocycles. The van der Waals surface area contributed by atoms with Gasteiger partial charge in [0, 0.05) is 17.9 Å². The van der Waals surface area contributed by atoms with E-state index in [-0.39, 0.29) is 23.5 Å². The number of rotatable bonds is 5. The van der Waals surface area contributed by atoms with Crippen molar-refractivity contribution in [3.05, 3.63) is 46.3 Å². The Morgan fingerprint density at radius 2 is 2.11 bits per heavy atom. The number of aromatic hydroxyl groups is 1. The number of thiazole rings is 1. The van der Waals surface area contributed by atoms with Crippen LogP contribution in [0.4, 0.5) is 4.39 Å². The summed E-state index contributed by atoms with van der Waals surface area (Å²) in [5.41, 5.74) is 5.93. The Kier molecular flexibility index (Phi) is 5.03. The van der Waals surface area contributed by atoms with Crippen LogP contribution in [0.3, 0.4) is 0 Å². The van der Waals surface area contributed by atoms with E-state index in [0.29, 0.717) is 53.6 Å². The number of benzene rings is 1. The van der Waals surface area contributed by atoms with Gasteiger partial charge in [0.1, 0.15) is 5.82 Å². The number of fused-ring (bicyclic) bond motifs is 1. The summed E-state index contributed by atoms with van der Waals surface area (Å²) in [5.74, 6) is -0.163. The highest BCUT2D eigenvalue weighted by atomic mass is 32.1. The number of carbonyl (C=O) groups excluding carboxylic acids is 1. The monoisotopic (exact) mass is 403 g/mol. The summed E-state index contributed by atoms with van der Waals surface area (Å²) in [6.07, 6.45) is 1.89. The molecule has 1 atom stereocenters. The highest BCUT2D eigenvalue weighted by Gasteiger charge is 2.34. The van der Waals surface area contributed by atoms with Crippen LogP contribution in [0.1, 0.15) is 42.1 Å². The van der Waals surface area contributed by atoms with Gasteiger partial charge in [0.25, 0.3) is 0 Å². The molecule has 0 bridgehead atoms. The molecule has 1 fully saturated rings. The number of hydrogen-bond donors (Lipinski definition) is 2. The number of nitrogens with zero attached hydrogens (tertiary/aromatic N) is 4. The summed E-state index contributed by atoms with van der Waals surface area (Å²) in [4.78, 5) is 19.2. The first kappa shape index (κ1) is 18.8. The third kappa shape index (κ3) is 3.24. The van der Waals surface area contributed by atoms with Crippen molar-refractivity contribution in [2.75, 3.05) is 13.1 Å². The van der Waals surface area contributed by atoms with Gasteiger partial charge in [-0.3, -0.25) is 9.69 Å². The van der Waals surface area contributed by atoms with Crippen LogP contribution in [0.5, 0.6) is 5.88 Å². The minimum Gasteiger partial charge on any atom is -0.492 e. The lowest BCUT2D eigenvalue weighted by Gasteiger charge is -2.36. The first-order valence-electron chi connectivity index (χ1n) is 9.34. The number of hydrogen-bond acceptors (Lipinski definition) is 6. The molecule has 1 aliphatic heterocycles. The molecule has 1 aliphatic rings. The quantitative estimate of drug-likeness (QED) is 0.682. The van der Waals surface area contributed by atoms with Crippen LogP contribution in [0, 0.1) is 11.7 Å². The van der Waals surface area contributed by atoms with E-state index in [1.54, 1.807) is 18.2 Å². The Bertz CT molecular complexity index is 1010. The molecule has 0 unspecified atom stereocenters. The number of aryl methyl sites for hydroxylation is 1. The topological polar surface area (TPSA) is 96.8 Å². The van der Waals surface area contributed by atoms with Crippen LogP contribution >= 0.6 is 11.3 Å². The summed E-state index contributed by atoms with van der Waals surface area (Å²) in [7, 11) is 0. The maximum atomic E-state index is 14.7. The van der Waals surface area contributed by atoms with Gasteiger partial charge < -0.3 is 10.8 Å². The van der Waals surface area contributed by atoms with Crippen molar-refractivity contribution in [3.8, 4) is 5.88 Å². The second-order valence-corrected chi connectivity index (χ2v) is 8.01. The highest BCUT2D eigenvalue weighted by molar-refractivity contribution is 7.17. The van der Waals surface area contributed by atoms with Gasteiger partial charge in [0.05, 0.1) is 10.9 Å². The first-order valence-corrected chi connectivity index (χ1v) is 10.2. The van der Waals surface area contributed by atoms with Gasteiger partial charge in [0.2, 0.25) is 16.7 Å². The highest BCUT2D eigenvalue weighted by Crippen LogP contribution is 2.41. The number of amides is 1. The zero-order chi connectivity index (χ0) is 19.8. The van der Waals surface area contributed by atoms with E-state index in [4.69, 9.17) is 5.73 Å². The fourth-order valence-corrected chi connectivity index (χ4v) is 4.89. The molecule has 3 heterocycles. The van der Waals surface area contributed by atoms with E-state index in [0.717, 1.165) is 0 Å². The Hall–Kier alpha value is -2.52. The second-order valence-electron chi connectivity index (χ2n) is 7.00. The normalized spacial score (nSPS) is 17.2. The zero-order valence-corrected chi connectivity index (χ0v) is 16.3. The van der Waals surface area contributed by atoms with Crippen LogP contribution in [0.25, 0.3) is 4.96 Å². The molecule has 0 spiro atoms. The number of aromatic nitrogens is 3. The fourth-order valence-electron chi connectivity index (χ4n) is 3.76. The molecule has 9 heteroatoms. The summed E-state index contributed by atoms with van der Waals surface area (Å²) in [6.45, 7) is 3.11. The molecule has 7 nitrogen and oxygen atoms in total. The number of nitrogens with two attached hydrogens (primary N) is 1. The van der Waals surface area contributed by atoms with Crippen molar-refractivity contribution in [2.45, 2.75) is 32.2 Å². The summed E-state index contributed by atoms with van der Waals surface area (Å²) < 4.78 is 16.1. The van der Waals surface area contributed by atoms with Crippen LogP contribution in [0.15, 0.2) is 24.3 Å². The first-order chi connectivity index (χ1) is 13.5. The number of halogens is 1. The lowest BCUT2D eigenvalue weighted by molar-refractivity contribution is -0.123. The third-order valence-corrected chi connectivity index (χ3v) is 6.38. The summed E-state index contributed by atoms with van der Waals surface area (Å²) in [5, 5.41) is 15.2. The van der Waals surface area contributed by atoms with Gasteiger partial charge in [-0.05, 0) is 32.0 Å². The van der Waals surface area contributed by atoms with Crippen LogP contribution in [-0.4, -0.2) is 43.6 Å². The van der Waals surface area contributed by atoms with Crippen LogP contribution < -0.4 is 5.73 Å². The maximum absolute atomic E-state index is 14.7. The number of likely N-dealkylation sites (tertiary alicyclic amines) is 1. The molecule has 2 aromatic heterocycles. The Labute approximate surface area is 165 Å². The number of piperidine rings is 1. The van der Waals surface area contributed by atoms with E-state index in [9.17, 15) is 14.3 Å². The van der Waals surface area contributed by atoms with E-state index in [1.165, 1.54) is 21.9 Å². The van der Waals surface area contributed by atoms with Gasteiger partial charge in [0.15, 0.2) is 5.82 Å². The smallest absolute Gasteiger partial charge is 0.230 e. The van der Waals surface area contributed by atoms with Gasteiger partial charge in [-0.15, -0.1) is 5.10 Å². The lowest BCUT2D eigenvalue weighted by Crippen LogP contribution is -2.40. The molecule has 28 heavy (non-hydrogen) atoms. The predicted octanol–water partition coefficient (Wildman–Crippen LogP) is 2.48. The third-order valence-electron chi connectivity index (χ3n) is 5.31. The molecule has 0 saturated carbocycles. The van der Waals surface area contributed by atoms with Gasteiger partial charge in [-0.1, -0.05) is 36.5 Å². The van der Waals surface area contributed by atoms with Gasteiger partial charge >= 0.3 is 0 Å². The minimum atomic E-state index is -0.478. The van der Waals surface area contributed by atoms with Gasteiger partial charge in [-0.2, -0.15) is 4.52 Å². The SMILES string of the molecule is CCc1nc2sc([C@H](c3ccccc3F)N3CCC(C(N)=O)CC3)c(O)n2n1. The van der Waals surface area contributed by atoms with Crippen molar-refractivity contribution in [1.82, 2.24) is 19.5 Å². The van der Waals surface area contributed by atoms with E-state index < -0.39 is 6.04 Å². The summed E-state index contributed by atoms with van der Waals surface area (Å²) in [6, 6.07) is 6.10. The number of carbonyl (C=O) groups is 1. The van der Waals surface area contributed by atoms with Crippen molar-refractivity contribution >= 4 is 22.2 Å². The molecule has 0 radical (unpaired) electrons. The Balaban J connectivity index is 1.76. The standard InChI is InChI=1S/C19H22FN5O2S/c1-2-14-22-19-25(23-14)18(27)16(28-19)15(12-5-3-4-6-13(12)20)24-9-7-11(8-10-24)17(21)26/h3-6,11,15,27H,2,7-10H2,1H3,(H2,21,26)/t15-/m0/s1. The Morgan fingerprint density at radius 1 is 1.39 bits per heavy atom. The average Bonchev–Trinajstić information content (AvgIpc) is 3.23. The molecule has 1 saturated heterocycles. The van der Waals surface area contributed by atoms with Crippen molar-refractivity contribution in [1.29, 1.82) is 0 Å². The molecule has 1 amide bonds. The van der Waals surface area contributed by atoms with E-state index >= 15 is 0 Å². The average molecular weight is 403 g/mol. The molecule has 3 N–H and O–H groups in total. The fraction of sp³-hybridized carbons (Fsp3) is 0.421. The van der Waals surface area contributed by atoms with Crippen molar-refractivity contribution in [2.24, 2.45) is 11.7 Å². The molecule has 3 aromatic rings. The summed E-state index contributed by atoms with van der Waals surface area (Å²) >= 11 is 1.31. The van der Waals surface area contributed by atoms with Crippen LogP contribution in [-0.2, 0) is 11.2 Å². The molecular formula is C19H22FN5O2S. The molecule has 1 aromatic carbocycles. The minimum absolute atomic E-state index is 0.0162. The van der Waals surface area contributed by atoms with Crippen LogP contribution in [0.2, 0.25) is 0 Å². The lowest BCUT2D eigenvalue weighted by atomic mass is 9.93. The Morgan fingerprint density at radius 3 is 2.71 bits per heavy atom. The molecule has 4 rings (SSSR count). The zero-order valence-electron chi connectivity index (χ0n) is 15.5. The van der Waals surface area contributed by atoms with Crippen molar-refractivity contribution in [3.63, 3.8) is 0 Å². The molecular weight excluding hydrogens is 381 g/mol. The van der Waals surface area contributed by atoms with Gasteiger partial charge in [-0.25, -0.2) is 9.37 Å². The second kappa shape index (κ2) is 7.48. The van der Waals surface area contributed by atoms with E-state index in [1.807, 2.05) is 6.92 Å². The largest absolute Gasteiger partial charge is 0.492 e. The van der Waals surface area contributed by atoms with Crippen molar-refractivity contribution < 1.29 is 14.3 Å². The predicted molar refractivity (Wildman–Crippen MR) is 104 cm³/mol. The molecule has 148 valence electrons. The number of primary amides is 1. The maximum Gasteiger partial charge on any atom is 0.230 e. The van der Waals surface area contributed by atoms with E-state index in [2.05, 4.69) is 15.0 Å².